The molecule has 3 aromatic rings. The van der Waals surface area contributed by atoms with E-state index in [9.17, 15) is 27.6 Å². The van der Waals surface area contributed by atoms with Gasteiger partial charge in [-0.25, -0.2) is 0 Å². The van der Waals surface area contributed by atoms with Crippen LogP contribution in [0.3, 0.4) is 0 Å². The summed E-state index contributed by atoms with van der Waals surface area (Å²) in [6.45, 7) is -1.36. The molecule has 0 atom stereocenters. The Bertz CT molecular complexity index is 1580. The Labute approximate surface area is 284 Å². The number of halogens is 4. The second kappa shape index (κ2) is 18.6. The fourth-order valence-corrected chi connectivity index (χ4v) is 4.11. The molecule has 1 fully saturated rings. The van der Waals surface area contributed by atoms with Crippen molar-refractivity contribution in [2.24, 2.45) is 0 Å². The molecule has 49 heavy (non-hydrogen) atoms. The normalized spacial score (nSPS) is 12.3. The standard InChI is InChI=1S/C28H30ClF3N8O4.C2H2.CH2O2/c1-40(2)23(43)22(42)34-15-3-14-33-21(41)17-4-10-20(11-5-17)35-24-36-25(38-26(37-24)44-16-28(30,31)32)39-27(12-13-27)18-6-8-19(29)9-7-18;1-2;2-1-3/h4-11H,3,12-16H2,1-2H3,(H,33,41)(H,34,42)(H2,35,36,37,38,39);1-2H;1H,(H,2,3). The maximum atomic E-state index is 12.8. The number of aromatic nitrogens is 3. The molecule has 0 spiro atoms. The molecule has 0 aliphatic heterocycles. The predicted molar refractivity (Wildman–Crippen MR) is 174 cm³/mol. The zero-order chi connectivity index (χ0) is 36.6. The van der Waals surface area contributed by atoms with Crippen LogP contribution in [0.5, 0.6) is 6.01 Å². The fraction of sp³-hybridized carbons (Fsp3) is 0.323. The van der Waals surface area contributed by atoms with Gasteiger partial charge in [0, 0.05) is 43.5 Å². The summed E-state index contributed by atoms with van der Waals surface area (Å²) in [4.78, 5) is 57.5. The molecule has 2 aromatic carbocycles. The van der Waals surface area contributed by atoms with Crippen molar-refractivity contribution < 1.29 is 42.2 Å². The minimum atomic E-state index is -4.59. The molecule has 5 N–H and O–H groups in total. The fourth-order valence-electron chi connectivity index (χ4n) is 3.98. The third-order valence-electron chi connectivity index (χ3n) is 6.41. The van der Waals surface area contributed by atoms with E-state index in [2.05, 4.69) is 49.1 Å². The van der Waals surface area contributed by atoms with E-state index < -0.39 is 36.1 Å². The Morgan fingerprint density at radius 2 is 1.55 bits per heavy atom. The Morgan fingerprint density at radius 1 is 0.980 bits per heavy atom. The number of benzene rings is 2. The van der Waals surface area contributed by atoms with Crippen LogP contribution in [0.25, 0.3) is 0 Å². The van der Waals surface area contributed by atoms with Gasteiger partial charge in [-0.15, -0.1) is 12.8 Å². The molecule has 4 rings (SSSR count). The molecule has 1 aromatic heterocycles. The van der Waals surface area contributed by atoms with E-state index in [1.54, 1.807) is 24.3 Å². The summed E-state index contributed by atoms with van der Waals surface area (Å²) in [5, 5.41) is 18.8. The number of terminal acetylenes is 1. The molecule has 0 unspecified atom stereocenters. The summed E-state index contributed by atoms with van der Waals surface area (Å²) >= 11 is 6.00. The van der Waals surface area contributed by atoms with Gasteiger partial charge in [-0.3, -0.25) is 19.2 Å². The highest BCUT2D eigenvalue weighted by atomic mass is 35.5. The molecule has 0 radical (unpaired) electrons. The molecule has 3 amide bonds. The van der Waals surface area contributed by atoms with E-state index in [1.807, 2.05) is 12.1 Å². The van der Waals surface area contributed by atoms with E-state index >= 15 is 0 Å². The minimum absolute atomic E-state index is 0.0189. The first kappa shape index (κ1) is 39.5. The zero-order valence-corrected chi connectivity index (χ0v) is 27.1. The number of likely N-dealkylation sites (N-methyl/N-ethyl adjacent to an activating group) is 1. The molecule has 262 valence electrons. The van der Waals surface area contributed by atoms with Crippen LogP contribution in [0.1, 0.15) is 35.2 Å². The van der Waals surface area contributed by atoms with E-state index in [0.717, 1.165) is 18.4 Å². The number of carbonyl (C=O) groups excluding carboxylic acids is 3. The van der Waals surface area contributed by atoms with Crippen LogP contribution in [-0.4, -0.2) is 89.1 Å². The van der Waals surface area contributed by atoms with Crippen LogP contribution in [0.4, 0.5) is 30.8 Å². The van der Waals surface area contributed by atoms with Crippen molar-refractivity contribution >= 4 is 53.4 Å². The summed E-state index contributed by atoms with van der Waals surface area (Å²) < 4.78 is 43.3. The van der Waals surface area contributed by atoms with Gasteiger partial charge in [0.2, 0.25) is 11.9 Å². The molecular formula is C31H34ClF3N8O6. The van der Waals surface area contributed by atoms with Gasteiger partial charge >= 0.3 is 24.0 Å². The highest BCUT2D eigenvalue weighted by molar-refractivity contribution is 6.34. The van der Waals surface area contributed by atoms with Gasteiger partial charge in [0.1, 0.15) is 0 Å². The lowest BCUT2D eigenvalue weighted by atomic mass is 10.1. The van der Waals surface area contributed by atoms with E-state index in [-0.39, 0.29) is 37.4 Å². The molecule has 1 saturated carbocycles. The second-order valence-corrected chi connectivity index (χ2v) is 10.7. The number of anilines is 3. The van der Waals surface area contributed by atoms with Crippen molar-refractivity contribution in [2.45, 2.75) is 31.0 Å². The van der Waals surface area contributed by atoms with Gasteiger partial charge in [0.25, 0.3) is 12.4 Å². The quantitative estimate of drug-likeness (QED) is 0.0802. The average molecular weight is 707 g/mol. The van der Waals surface area contributed by atoms with Crippen molar-refractivity contribution in [3.05, 3.63) is 64.7 Å². The smallest absolute Gasteiger partial charge is 0.422 e. The Hall–Kier alpha value is -5.63. The summed E-state index contributed by atoms with van der Waals surface area (Å²) in [7, 11) is 2.94. The topological polar surface area (TPSA) is 188 Å². The number of carbonyl (C=O) groups is 4. The van der Waals surface area contributed by atoms with Crippen molar-refractivity contribution in [3.63, 3.8) is 0 Å². The summed E-state index contributed by atoms with van der Waals surface area (Å²) in [5.74, 6) is -1.80. The van der Waals surface area contributed by atoms with Crippen LogP contribution in [-0.2, 0) is 19.9 Å². The number of carboxylic acid groups (broad SMARTS) is 1. The van der Waals surface area contributed by atoms with Gasteiger partial charge in [-0.2, -0.15) is 28.1 Å². The van der Waals surface area contributed by atoms with Crippen LogP contribution in [0.2, 0.25) is 5.02 Å². The Morgan fingerprint density at radius 3 is 2.10 bits per heavy atom. The van der Waals surface area contributed by atoms with Crippen LogP contribution >= 0.6 is 11.6 Å². The van der Waals surface area contributed by atoms with Crippen molar-refractivity contribution in [1.29, 1.82) is 0 Å². The van der Waals surface area contributed by atoms with Gasteiger partial charge in [0.15, 0.2) is 6.61 Å². The lowest BCUT2D eigenvalue weighted by molar-refractivity contribution is -0.154. The monoisotopic (exact) mass is 706 g/mol. The number of alkyl halides is 3. The maximum absolute atomic E-state index is 12.8. The van der Waals surface area contributed by atoms with E-state index in [4.69, 9.17) is 26.2 Å². The molecular weight excluding hydrogens is 673 g/mol. The first-order valence-electron chi connectivity index (χ1n) is 14.3. The second-order valence-electron chi connectivity index (χ2n) is 10.3. The predicted octanol–water partition coefficient (Wildman–Crippen LogP) is 3.59. The Kier molecular flexibility index (Phi) is 15.0. The summed E-state index contributed by atoms with van der Waals surface area (Å²) in [5.41, 5.74) is 1.21. The number of rotatable bonds is 12. The molecule has 14 nitrogen and oxygen atoms in total. The first-order valence-corrected chi connectivity index (χ1v) is 14.7. The summed E-state index contributed by atoms with van der Waals surface area (Å²) in [6, 6.07) is 12.9. The summed E-state index contributed by atoms with van der Waals surface area (Å²) in [6.07, 6.45) is 5.31. The van der Waals surface area contributed by atoms with Crippen molar-refractivity contribution in [3.8, 4) is 18.9 Å². The molecule has 1 aliphatic rings. The van der Waals surface area contributed by atoms with Gasteiger partial charge < -0.3 is 36.0 Å². The molecule has 0 bridgehead atoms. The van der Waals surface area contributed by atoms with E-state index in [1.165, 1.54) is 31.1 Å². The first-order chi connectivity index (χ1) is 23.2. The molecule has 0 saturated heterocycles. The molecule has 1 aliphatic carbocycles. The maximum Gasteiger partial charge on any atom is 0.422 e. The third kappa shape index (κ3) is 13.2. The Balaban J connectivity index is 0.00000158. The third-order valence-corrected chi connectivity index (χ3v) is 6.66. The number of nitrogens with one attached hydrogen (secondary N) is 4. The largest absolute Gasteiger partial charge is 0.483 e. The number of ether oxygens (including phenoxy) is 1. The van der Waals surface area contributed by atoms with E-state index in [0.29, 0.717) is 22.7 Å². The van der Waals surface area contributed by atoms with Crippen molar-refractivity contribution in [1.82, 2.24) is 30.5 Å². The zero-order valence-electron chi connectivity index (χ0n) is 26.4. The molecule has 1 heterocycles. The lowest BCUT2D eigenvalue weighted by Crippen LogP contribution is -2.40. The number of amides is 3. The van der Waals surface area contributed by atoms with Crippen molar-refractivity contribution in [2.75, 3.05) is 44.4 Å². The lowest BCUT2D eigenvalue weighted by Gasteiger charge is -2.19. The van der Waals surface area contributed by atoms with Crippen LogP contribution < -0.4 is 26.0 Å². The average Bonchev–Trinajstić information content (AvgIpc) is 3.84. The number of nitrogens with zero attached hydrogens (tertiary/aromatic N) is 4. The number of hydrogen-bond acceptors (Lipinski definition) is 10. The van der Waals surface area contributed by atoms with Gasteiger partial charge in [-0.1, -0.05) is 23.7 Å². The number of hydrogen-bond donors (Lipinski definition) is 5. The van der Waals surface area contributed by atoms with Crippen LogP contribution in [0, 0.1) is 12.8 Å². The van der Waals surface area contributed by atoms with Crippen LogP contribution in [0.15, 0.2) is 48.5 Å². The van der Waals surface area contributed by atoms with Gasteiger partial charge in [-0.05, 0) is 61.2 Å². The highest BCUT2D eigenvalue weighted by Crippen LogP contribution is 2.48. The minimum Gasteiger partial charge on any atom is -0.483 e. The highest BCUT2D eigenvalue weighted by Gasteiger charge is 2.45. The van der Waals surface area contributed by atoms with Gasteiger partial charge in [0.05, 0.1) is 5.54 Å². The molecule has 18 heteroatoms. The SMILES string of the molecule is C#C.CN(C)C(=O)C(=O)NCCCNC(=O)c1ccc(Nc2nc(NC3(c4ccc(Cl)cc4)CC3)nc(OCC(F)(F)F)n2)cc1.O=CO.